The van der Waals surface area contributed by atoms with E-state index in [4.69, 9.17) is 0 Å². The quantitative estimate of drug-likeness (QED) is 0.587. The van der Waals surface area contributed by atoms with Crippen LogP contribution in [-0.2, 0) is 9.59 Å². The summed E-state index contributed by atoms with van der Waals surface area (Å²) < 4.78 is 0. The second-order valence-corrected chi connectivity index (χ2v) is 4.61. The van der Waals surface area contributed by atoms with Crippen LogP contribution in [0.15, 0.2) is 0 Å². The summed E-state index contributed by atoms with van der Waals surface area (Å²) in [6.45, 7) is 5.75. The molecule has 1 rings (SSSR count). The molecule has 1 aliphatic rings. The zero-order valence-electron chi connectivity index (χ0n) is 10.2. The lowest BCUT2D eigenvalue weighted by atomic mass is 10.3. The first-order valence-corrected chi connectivity index (χ1v) is 5.82. The van der Waals surface area contributed by atoms with Crippen LogP contribution in [0.1, 0.15) is 33.6 Å². The normalized spacial score (nSPS) is 17.0. The van der Waals surface area contributed by atoms with Crippen molar-refractivity contribution in [1.82, 2.24) is 16.0 Å². The molecule has 0 spiro atoms. The molecule has 16 heavy (non-hydrogen) atoms. The molecule has 0 aromatic rings. The Hall–Kier alpha value is -1.10. The first-order valence-electron chi connectivity index (χ1n) is 5.82. The first-order chi connectivity index (χ1) is 7.49. The van der Waals surface area contributed by atoms with Gasteiger partial charge in [-0.15, -0.1) is 0 Å². The number of carbonyl (C=O) groups is 2. The van der Waals surface area contributed by atoms with E-state index in [2.05, 4.69) is 16.0 Å². The monoisotopic (exact) mass is 227 g/mol. The Balaban J connectivity index is 2.15. The third-order valence-electron chi connectivity index (χ3n) is 2.34. The summed E-state index contributed by atoms with van der Waals surface area (Å²) in [5.41, 5.74) is 0. The van der Waals surface area contributed by atoms with Gasteiger partial charge in [-0.25, -0.2) is 0 Å². The fraction of sp³-hybridized carbons (Fsp3) is 0.818. The zero-order chi connectivity index (χ0) is 12.1. The van der Waals surface area contributed by atoms with E-state index >= 15 is 0 Å². The summed E-state index contributed by atoms with van der Waals surface area (Å²) in [7, 11) is 0. The Bertz CT molecular complexity index is 262. The second-order valence-electron chi connectivity index (χ2n) is 4.61. The van der Waals surface area contributed by atoms with Gasteiger partial charge in [0, 0.05) is 12.1 Å². The number of amides is 2. The number of carbonyl (C=O) groups excluding carboxylic acids is 2. The van der Waals surface area contributed by atoms with Gasteiger partial charge in [-0.3, -0.25) is 14.9 Å². The lowest BCUT2D eigenvalue weighted by Gasteiger charge is -2.14. The minimum atomic E-state index is -0.321. The SMILES string of the molecule is CC(C)NC(=O)CNC(C)C(=O)NC1CC1. The zero-order valence-corrected chi connectivity index (χ0v) is 10.2. The maximum atomic E-state index is 11.5. The maximum Gasteiger partial charge on any atom is 0.237 e. The highest BCUT2D eigenvalue weighted by Crippen LogP contribution is 2.18. The smallest absolute Gasteiger partial charge is 0.237 e. The topological polar surface area (TPSA) is 70.2 Å². The highest BCUT2D eigenvalue weighted by Gasteiger charge is 2.25. The van der Waals surface area contributed by atoms with Crippen LogP contribution in [0.25, 0.3) is 0 Å². The van der Waals surface area contributed by atoms with Crippen LogP contribution in [0.2, 0.25) is 0 Å². The predicted molar refractivity (Wildman–Crippen MR) is 61.9 cm³/mol. The highest BCUT2D eigenvalue weighted by atomic mass is 16.2. The maximum absolute atomic E-state index is 11.5. The molecule has 92 valence electrons. The molecule has 0 aliphatic heterocycles. The molecule has 0 aromatic heterocycles. The van der Waals surface area contributed by atoms with Crippen LogP contribution >= 0.6 is 0 Å². The van der Waals surface area contributed by atoms with Gasteiger partial charge in [-0.1, -0.05) is 0 Å². The standard InChI is InChI=1S/C11H21N3O2/c1-7(2)13-10(15)6-12-8(3)11(16)14-9-4-5-9/h7-9,12H,4-6H2,1-3H3,(H,13,15)(H,14,16). The summed E-state index contributed by atoms with van der Waals surface area (Å²) in [4.78, 5) is 22.8. The molecule has 1 unspecified atom stereocenters. The molecule has 1 fully saturated rings. The summed E-state index contributed by atoms with van der Waals surface area (Å²) in [6, 6.07) is 0.171. The van der Waals surface area contributed by atoms with E-state index < -0.39 is 0 Å². The molecule has 1 aliphatic carbocycles. The Morgan fingerprint density at radius 3 is 2.38 bits per heavy atom. The summed E-state index contributed by atoms with van der Waals surface area (Å²) >= 11 is 0. The minimum absolute atomic E-state index is 0.0279. The molecule has 5 nitrogen and oxygen atoms in total. The van der Waals surface area contributed by atoms with Gasteiger partial charge in [-0.2, -0.15) is 0 Å². The average molecular weight is 227 g/mol. The third-order valence-corrected chi connectivity index (χ3v) is 2.34. The number of hydrogen-bond acceptors (Lipinski definition) is 3. The molecule has 0 radical (unpaired) electrons. The van der Waals surface area contributed by atoms with Crippen LogP contribution in [0, 0.1) is 0 Å². The summed E-state index contributed by atoms with van der Waals surface area (Å²) in [5, 5.41) is 8.54. The van der Waals surface area contributed by atoms with E-state index in [1.165, 1.54) is 0 Å². The molecule has 0 saturated heterocycles. The fourth-order valence-electron chi connectivity index (χ4n) is 1.27. The van der Waals surface area contributed by atoms with Crippen molar-refractivity contribution >= 4 is 11.8 Å². The van der Waals surface area contributed by atoms with Crippen LogP contribution in [0.4, 0.5) is 0 Å². The van der Waals surface area contributed by atoms with E-state index in [-0.39, 0.29) is 30.4 Å². The molecule has 0 bridgehead atoms. The third kappa shape index (κ3) is 5.11. The highest BCUT2D eigenvalue weighted by molar-refractivity contribution is 5.83. The van der Waals surface area contributed by atoms with Crippen LogP contribution in [-0.4, -0.2) is 36.5 Å². The summed E-state index contributed by atoms with van der Waals surface area (Å²) in [6.07, 6.45) is 2.15. The van der Waals surface area contributed by atoms with Gasteiger partial charge in [0.25, 0.3) is 0 Å². The van der Waals surface area contributed by atoms with Crippen molar-refractivity contribution in [1.29, 1.82) is 0 Å². The number of rotatable bonds is 6. The van der Waals surface area contributed by atoms with Gasteiger partial charge < -0.3 is 10.6 Å². The van der Waals surface area contributed by atoms with Crippen LogP contribution in [0.5, 0.6) is 0 Å². The Labute approximate surface area is 96.4 Å². The molecular weight excluding hydrogens is 206 g/mol. The van der Waals surface area contributed by atoms with Crippen molar-refractivity contribution in [2.45, 2.75) is 51.7 Å². The molecule has 0 heterocycles. The molecule has 1 saturated carbocycles. The Morgan fingerprint density at radius 1 is 1.25 bits per heavy atom. The van der Waals surface area contributed by atoms with Crippen LogP contribution < -0.4 is 16.0 Å². The van der Waals surface area contributed by atoms with Crippen molar-refractivity contribution in [2.75, 3.05) is 6.54 Å². The van der Waals surface area contributed by atoms with E-state index in [0.717, 1.165) is 12.8 Å². The van der Waals surface area contributed by atoms with Gasteiger partial charge in [0.1, 0.15) is 0 Å². The van der Waals surface area contributed by atoms with Gasteiger partial charge in [0.15, 0.2) is 0 Å². The Kier molecular flexibility index (Phi) is 4.73. The largest absolute Gasteiger partial charge is 0.353 e. The van der Waals surface area contributed by atoms with Crippen molar-refractivity contribution in [3.63, 3.8) is 0 Å². The molecule has 1 atom stereocenters. The molecule has 0 aromatic carbocycles. The van der Waals surface area contributed by atoms with E-state index in [0.29, 0.717) is 6.04 Å². The van der Waals surface area contributed by atoms with Crippen LogP contribution in [0.3, 0.4) is 0 Å². The first kappa shape index (κ1) is 13.0. The second kappa shape index (κ2) is 5.84. The van der Waals surface area contributed by atoms with Gasteiger partial charge in [0.05, 0.1) is 12.6 Å². The Morgan fingerprint density at radius 2 is 1.88 bits per heavy atom. The molecular formula is C11H21N3O2. The van der Waals surface area contributed by atoms with Gasteiger partial charge >= 0.3 is 0 Å². The molecule has 2 amide bonds. The predicted octanol–water partition coefficient (Wildman–Crippen LogP) is -0.232. The van der Waals surface area contributed by atoms with Crippen molar-refractivity contribution in [2.24, 2.45) is 0 Å². The van der Waals surface area contributed by atoms with Crippen molar-refractivity contribution in [3.8, 4) is 0 Å². The molecule has 5 heteroatoms. The van der Waals surface area contributed by atoms with E-state index in [1.807, 2.05) is 13.8 Å². The lowest BCUT2D eigenvalue weighted by molar-refractivity contribution is -0.123. The van der Waals surface area contributed by atoms with Gasteiger partial charge in [-0.05, 0) is 33.6 Å². The van der Waals surface area contributed by atoms with Crippen molar-refractivity contribution < 1.29 is 9.59 Å². The van der Waals surface area contributed by atoms with Gasteiger partial charge in [0.2, 0.25) is 11.8 Å². The lowest BCUT2D eigenvalue weighted by Crippen LogP contribution is -2.47. The number of hydrogen-bond donors (Lipinski definition) is 3. The van der Waals surface area contributed by atoms with E-state index in [9.17, 15) is 9.59 Å². The fourth-order valence-corrected chi connectivity index (χ4v) is 1.27. The minimum Gasteiger partial charge on any atom is -0.353 e. The number of nitrogens with one attached hydrogen (secondary N) is 3. The summed E-state index contributed by atoms with van der Waals surface area (Å²) in [5.74, 6) is -0.110. The van der Waals surface area contributed by atoms with Crippen molar-refractivity contribution in [3.05, 3.63) is 0 Å². The molecule has 3 N–H and O–H groups in total. The van der Waals surface area contributed by atoms with E-state index in [1.54, 1.807) is 6.92 Å². The average Bonchev–Trinajstić information content (AvgIpc) is 2.96.